The molecule has 1 aliphatic carbocycles. The maximum Gasteiger partial charge on any atom is 0.341 e. The van der Waals surface area contributed by atoms with Crippen molar-refractivity contribution in [2.45, 2.75) is 42.2 Å². The van der Waals surface area contributed by atoms with Gasteiger partial charge in [0.1, 0.15) is 5.00 Å². The third-order valence-corrected chi connectivity index (χ3v) is 7.01. The molecular weight excluding hydrogens is 380 g/mol. The van der Waals surface area contributed by atoms with Gasteiger partial charge in [0.25, 0.3) is 0 Å². The minimum atomic E-state index is -0.396. The number of rotatable bonds is 5. The number of aryl methyl sites for hydroxylation is 1. The van der Waals surface area contributed by atoms with E-state index in [1.54, 1.807) is 6.92 Å². The summed E-state index contributed by atoms with van der Waals surface area (Å²) in [6, 6.07) is 0. The number of aromatic nitrogens is 2. The summed E-state index contributed by atoms with van der Waals surface area (Å²) in [5, 5.41) is 11.1. The van der Waals surface area contributed by atoms with Gasteiger partial charge < -0.3 is 15.8 Å². The van der Waals surface area contributed by atoms with Gasteiger partial charge in [-0.3, -0.25) is 4.79 Å². The molecule has 3 N–H and O–H groups in total. The van der Waals surface area contributed by atoms with Gasteiger partial charge in [-0.1, -0.05) is 23.1 Å². The number of nitrogens with zero attached hydrogens (tertiary/aromatic N) is 2. The molecule has 0 saturated carbocycles. The van der Waals surface area contributed by atoms with Crippen molar-refractivity contribution in [3.05, 3.63) is 16.0 Å². The van der Waals surface area contributed by atoms with Crippen molar-refractivity contribution < 1.29 is 14.3 Å². The number of carbonyl (C=O) groups is 2. The van der Waals surface area contributed by atoms with Crippen LogP contribution in [-0.4, -0.2) is 34.4 Å². The Hall–Kier alpha value is -1.65. The molecule has 7 nitrogen and oxygen atoms in total. The van der Waals surface area contributed by atoms with E-state index in [1.165, 1.54) is 46.4 Å². The van der Waals surface area contributed by atoms with Crippen LogP contribution in [0.1, 0.15) is 40.6 Å². The monoisotopic (exact) mass is 398 g/mol. The molecule has 0 radical (unpaired) electrons. The predicted molar refractivity (Wildman–Crippen MR) is 101 cm³/mol. The van der Waals surface area contributed by atoms with Gasteiger partial charge in [-0.15, -0.1) is 21.5 Å². The highest BCUT2D eigenvalue weighted by atomic mass is 32.2. The Kier molecular flexibility index (Phi) is 5.60. The van der Waals surface area contributed by atoms with Crippen LogP contribution < -0.4 is 11.1 Å². The zero-order valence-electron chi connectivity index (χ0n) is 13.8. The van der Waals surface area contributed by atoms with Gasteiger partial charge in [-0.25, -0.2) is 4.79 Å². The highest BCUT2D eigenvalue weighted by Crippen LogP contribution is 2.39. The zero-order valence-corrected chi connectivity index (χ0v) is 16.3. The van der Waals surface area contributed by atoms with E-state index in [2.05, 4.69) is 15.5 Å². The molecule has 1 atom stereocenters. The number of nitrogen functional groups attached to an aromatic ring is 1. The molecule has 0 aromatic carbocycles. The molecule has 10 heteroatoms. The first-order valence-electron chi connectivity index (χ1n) is 7.79. The second-order valence-electron chi connectivity index (χ2n) is 5.56. The van der Waals surface area contributed by atoms with Crippen molar-refractivity contribution in [2.24, 2.45) is 0 Å². The Labute approximate surface area is 157 Å². The lowest BCUT2D eigenvalue weighted by Crippen LogP contribution is -2.23. The van der Waals surface area contributed by atoms with Crippen LogP contribution in [0.4, 0.5) is 10.1 Å². The minimum Gasteiger partial charge on any atom is -0.465 e. The standard InChI is InChI=1S/C15H18N4O3S3/c1-7(23-15-19-18-14(16)25-15)11(20)17-12-10(13(21)22-2)8-5-3-4-6-9(8)24-12/h7H,3-6H2,1-2H3,(H2,16,18)(H,17,20). The van der Waals surface area contributed by atoms with Gasteiger partial charge in [0.05, 0.1) is 17.9 Å². The summed E-state index contributed by atoms with van der Waals surface area (Å²) < 4.78 is 5.56. The van der Waals surface area contributed by atoms with Crippen LogP contribution in [0.2, 0.25) is 0 Å². The van der Waals surface area contributed by atoms with Crippen LogP contribution in [0.5, 0.6) is 0 Å². The molecule has 0 fully saturated rings. The molecule has 1 amide bonds. The number of ether oxygens (including phenoxy) is 1. The summed E-state index contributed by atoms with van der Waals surface area (Å²) in [6.07, 6.45) is 3.94. The lowest BCUT2D eigenvalue weighted by molar-refractivity contribution is -0.115. The first kappa shape index (κ1) is 18.2. The van der Waals surface area contributed by atoms with Crippen molar-refractivity contribution in [2.75, 3.05) is 18.2 Å². The van der Waals surface area contributed by atoms with E-state index >= 15 is 0 Å². The molecular formula is C15H18N4O3S3. The first-order chi connectivity index (χ1) is 12.0. The van der Waals surface area contributed by atoms with Gasteiger partial charge in [0.2, 0.25) is 11.0 Å². The second kappa shape index (κ2) is 7.71. The van der Waals surface area contributed by atoms with E-state index in [0.29, 0.717) is 20.0 Å². The summed E-state index contributed by atoms with van der Waals surface area (Å²) in [5.74, 6) is -0.588. The number of nitrogens with two attached hydrogens (primary N) is 1. The van der Waals surface area contributed by atoms with Crippen molar-refractivity contribution in [1.82, 2.24) is 10.2 Å². The average molecular weight is 399 g/mol. The van der Waals surface area contributed by atoms with Crippen LogP contribution in [0, 0.1) is 0 Å². The molecule has 1 unspecified atom stereocenters. The number of esters is 1. The smallest absolute Gasteiger partial charge is 0.341 e. The lowest BCUT2D eigenvalue weighted by Gasteiger charge is -2.12. The number of amides is 1. The number of thioether (sulfide) groups is 1. The number of thiophene rings is 1. The number of carbonyl (C=O) groups excluding carboxylic acids is 2. The van der Waals surface area contributed by atoms with Gasteiger partial charge in [-0.05, 0) is 38.2 Å². The Balaban J connectivity index is 1.78. The fourth-order valence-electron chi connectivity index (χ4n) is 2.66. The number of anilines is 2. The van der Waals surface area contributed by atoms with Crippen LogP contribution in [0.15, 0.2) is 4.34 Å². The van der Waals surface area contributed by atoms with Crippen LogP contribution in [0.3, 0.4) is 0 Å². The molecule has 0 spiro atoms. The average Bonchev–Trinajstić information content (AvgIpc) is 3.16. The van der Waals surface area contributed by atoms with Crippen molar-refractivity contribution in [3.8, 4) is 0 Å². The Bertz CT molecular complexity index is 802. The molecule has 0 aliphatic heterocycles. The Morgan fingerprint density at radius 2 is 2.04 bits per heavy atom. The number of hydrogen-bond donors (Lipinski definition) is 2. The fourth-order valence-corrected chi connectivity index (χ4v) is 5.72. The van der Waals surface area contributed by atoms with Crippen LogP contribution >= 0.6 is 34.4 Å². The number of hydrogen-bond acceptors (Lipinski definition) is 9. The van der Waals surface area contributed by atoms with Crippen molar-refractivity contribution in [1.29, 1.82) is 0 Å². The van der Waals surface area contributed by atoms with E-state index in [4.69, 9.17) is 10.5 Å². The summed E-state index contributed by atoms with van der Waals surface area (Å²) >= 11 is 4.00. The highest BCUT2D eigenvalue weighted by molar-refractivity contribution is 8.02. The van der Waals surface area contributed by atoms with Gasteiger partial charge in [0.15, 0.2) is 4.34 Å². The van der Waals surface area contributed by atoms with E-state index in [1.807, 2.05) is 0 Å². The maximum absolute atomic E-state index is 12.5. The molecule has 2 aromatic heterocycles. The van der Waals surface area contributed by atoms with E-state index < -0.39 is 11.2 Å². The molecule has 2 heterocycles. The van der Waals surface area contributed by atoms with Crippen LogP contribution in [-0.2, 0) is 22.4 Å². The highest BCUT2D eigenvalue weighted by Gasteiger charge is 2.28. The van der Waals surface area contributed by atoms with Gasteiger partial charge in [0, 0.05) is 4.88 Å². The topological polar surface area (TPSA) is 107 Å². The molecule has 134 valence electrons. The SMILES string of the molecule is COC(=O)c1c(NC(=O)C(C)Sc2nnc(N)s2)sc2c1CCCC2. The predicted octanol–water partition coefficient (Wildman–Crippen LogP) is 2.97. The largest absolute Gasteiger partial charge is 0.465 e. The Morgan fingerprint density at radius 1 is 1.28 bits per heavy atom. The summed E-state index contributed by atoms with van der Waals surface area (Å²) in [6.45, 7) is 1.78. The lowest BCUT2D eigenvalue weighted by atomic mass is 9.95. The van der Waals surface area contributed by atoms with Gasteiger partial charge >= 0.3 is 5.97 Å². The number of methoxy groups -OCH3 is 1. The molecule has 0 bridgehead atoms. The van der Waals surface area contributed by atoms with E-state index in [-0.39, 0.29) is 5.91 Å². The van der Waals surface area contributed by atoms with Crippen molar-refractivity contribution in [3.63, 3.8) is 0 Å². The van der Waals surface area contributed by atoms with Crippen LogP contribution in [0.25, 0.3) is 0 Å². The summed E-state index contributed by atoms with van der Waals surface area (Å²) in [5.41, 5.74) is 7.09. The zero-order chi connectivity index (χ0) is 18.0. The number of nitrogens with one attached hydrogen (secondary N) is 1. The summed E-state index contributed by atoms with van der Waals surface area (Å²) in [4.78, 5) is 25.9. The quantitative estimate of drug-likeness (QED) is 0.589. The minimum absolute atomic E-state index is 0.192. The normalized spacial score (nSPS) is 14.6. The maximum atomic E-state index is 12.5. The van der Waals surface area contributed by atoms with Gasteiger partial charge in [-0.2, -0.15) is 0 Å². The summed E-state index contributed by atoms with van der Waals surface area (Å²) in [7, 11) is 1.36. The third kappa shape index (κ3) is 3.96. The molecule has 25 heavy (non-hydrogen) atoms. The fraction of sp³-hybridized carbons (Fsp3) is 0.467. The third-order valence-electron chi connectivity index (χ3n) is 3.87. The molecule has 3 rings (SSSR count). The first-order valence-corrected chi connectivity index (χ1v) is 10.3. The number of fused-ring (bicyclic) bond motifs is 1. The molecule has 1 aliphatic rings. The van der Waals surface area contributed by atoms with E-state index in [9.17, 15) is 9.59 Å². The molecule has 2 aromatic rings. The second-order valence-corrected chi connectivity index (χ2v) is 9.26. The molecule has 0 saturated heterocycles. The van der Waals surface area contributed by atoms with E-state index in [0.717, 1.165) is 31.2 Å². The van der Waals surface area contributed by atoms with Crippen molar-refractivity contribution >= 4 is 56.4 Å². The Morgan fingerprint density at radius 3 is 2.72 bits per heavy atom.